The average Bonchev–Trinajstić information content (AvgIpc) is 2.76. The van der Waals surface area contributed by atoms with Crippen LogP contribution >= 0.6 is 0 Å². The molecule has 3 nitrogen and oxygen atoms in total. The minimum atomic E-state index is 0.267. The van der Waals surface area contributed by atoms with Crippen molar-refractivity contribution in [1.82, 2.24) is 10.3 Å². The molecule has 2 N–H and O–H groups in total. The first kappa shape index (κ1) is 9.46. The number of H-pyrrole nitrogens is 1. The van der Waals surface area contributed by atoms with E-state index in [9.17, 15) is 4.79 Å². The molecular weight excluding hydrogens is 200 g/mol. The molecule has 0 bridgehead atoms. The molecular formula is C13H14N2O. The highest BCUT2D eigenvalue weighted by Crippen LogP contribution is 2.30. The number of hydrogen-bond donors (Lipinski definition) is 2. The van der Waals surface area contributed by atoms with Crippen molar-refractivity contribution in [2.24, 2.45) is 0 Å². The van der Waals surface area contributed by atoms with Crippen LogP contribution in [0.15, 0.2) is 18.2 Å². The Morgan fingerprint density at radius 1 is 1.44 bits per heavy atom. The third kappa shape index (κ3) is 1.32. The molecule has 1 aliphatic carbocycles. The van der Waals surface area contributed by atoms with Crippen LogP contribution in [0.1, 0.15) is 16.8 Å². The van der Waals surface area contributed by atoms with Crippen molar-refractivity contribution in [1.29, 1.82) is 0 Å². The second-order valence-electron chi connectivity index (χ2n) is 4.52. The molecule has 1 aliphatic rings. The number of aromatic nitrogens is 1. The third-order valence-corrected chi connectivity index (χ3v) is 3.35. The first-order chi connectivity index (χ1) is 7.78. The summed E-state index contributed by atoms with van der Waals surface area (Å²) in [5, 5.41) is 4.17. The molecule has 3 heteroatoms. The molecule has 0 radical (unpaired) electrons. The number of carbonyl (C=O) groups is 1. The predicted molar refractivity (Wildman–Crippen MR) is 63.4 cm³/mol. The van der Waals surface area contributed by atoms with Crippen LogP contribution in [0.2, 0.25) is 0 Å². The lowest BCUT2D eigenvalue weighted by Crippen LogP contribution is -2.28. The zero-order valence-corrected chi connectivity index (χ0v) is 9.21. The summed E-state index contributed by atoms with van der Waals surface area (Å²) < 4.78 is 0. The molecule has 3 rings (SSSR count). The zero-order chi connectivity index (χ0) is 11.1. The second-order valence-corrected chi connectivity index (χ2v) is 4.52. The number of carbonyl (C=O) groups excluding carboxylic acids is 1. The van der Waals surface area contributed by atoms with Crippen LogP contribution in [0.5, 0.6) is 0 Å². The summed E-state index contributed by atoms with van der Waals surface area (Å²) in [4.78, 5) is 13.9. The molecule has 0 saturated carbocycles. The Morgan fingerprint density at radius 3 is 3.12 bits per heavy atom. The molecule has 1 heterocycles. The fourth-order valence-corrected chi connectivity index (χ4v) is 2.60. The van der Waals surface area contributed by atoms with Crippen LogP contribution < -0.4 is 5.32 Å². The standard InChI is InChI=1S/C13H14N2O/c1-8-2-3-12-10(4-8)11-5-9(14-7-16)6-13(11)15-12/h2-4,7,9,15H,5-6H2,1H3,(H,14,16). The Labute approximate surface area is 93.9 Å². The maximum Gasteiger partial charge on any atom is 0.207 e. The average molecular weight is 214 g/mol. The van der Waals surface area contributed by atoms with Gasteiger partial charge >= 0.3 is 0 Å². The summed E-state index contributed by atoms with van der Waals surface area (Å²) in [5.41, 5.74) is 5.14. The van der Waals surface area contributed by atoms with E-state index in [-0.39, 0.29) is 6.04 Å². The fraction of sp³-hybridized carbons (Fsp3) is 0.308. The van der Waals surface area contributed by atoms with Gasteiger partial charge in [0.05, 0.1) is 0 Å². The molecule has 0 saturated heterocycles. The molecule has 0 aliphatic heterocycles. The molecule has 0 spiro atoms. The van der Waals surface area contributed by atoms with Gasteiger partial charge < -0.3 is 10.3 Å². The summed E-state index contributed by atoms with van der Waals surface area (Å²) in [6.07, 6.45) is 2.66. The van der Waals surface area contributed by atoms with Gasteiger partial charge in [-0.3, -0.25) is 4.79 Å². The van der Waals surface area contributed by atoms with Gasteiger partial charge in [0.15, 0.2) is 0 Å². The van der Waals surface area contributed by atoms with Crippen molar-refractivity contribution in [2.45, 2.75) is 25.8 Å². The topological polar surface area (TPSA) is 44.9 Å². The Kier molecular flexibility index (Phi) is 1.99. The van der Waals surface area contributed by atoms with Crippen LogP contribution in [-0.2, 0) is 17.6 Å². The minimum Gasteiger partial charge on any atom is -0.358 e. The summed E-state index contributed by atoms with van der Waals surface area (Å²) in [7, 11) is 0. The highest BCUT2D eigenvalue weighted by molar-refractivity contribution is 5.86. The molecule has 1 unspecified atom stereocenters. The number of fused-ring (bicyclic) bond motifs is 3. The number of aryl methyl sites for hydroxylation is 1. The van der Waals surface area contributed by atoms with E-state index in [1.807, 2.05) is 0 Å². The maximum atomic E-state index is 10.4. The molecule has 16 heavy (non-hydrogen) atoms. The van der Waals surface area contributed by atoms with Gasteiger partial charge in [0, 0.05) is 29.1 Å². The Balaban J connectivity index is 2.06. The van der Waals surface area contributed by atoms with Crippen molar-refractivity contribution in [3.8, 4) is 0 Å². The van der Waals surface area contributed by atoms with Gasteiger partial charge in [0.25, 0.3) is 0 Å². The van der Waals surface area contributed by atoms with E-state index in [4.69, 9.17) is 0 Å². The summed E-state index contributed by atoms with van der Waals surface area (Å²) in [6, 6.07) is 6.73. The zero-order valence-electron chi connectivity index (χ0n) is 9.21. The van der Waals surface area contributed by atoms with Crippen LogP contribution in [0.25, 0.3) is 10.9 Å². The summed E-state index contributed by atoms with van der Waals surface area (Å²) in [6.45, 7) is 2.11. The lowest BCUT2D eigenvalue weighted by Gasteiger charge is -2.06. The first-order valence-electron chi connectivity index (χ1n) is 5.57. The van der Waals surface area contributed by atoms with Crippen molar-refractivity contribution < 1.29 is 4.79 Å². The monoisotopic (exact) mass is 214 g/mol. The second kappa shape index (κ2) is 3.37. The SMILES string of the molecule is Cc1ccc2[nH]c3c(c2c1)CC(NC=O)C3. The van der Waals surface area contributed by atoms with Gasteiger partial charge in [-0.1, -0.05) is 11.6 Å². The van der Waals surface area contributed by atoms with Crippen LogP contribution in [0, 0.1) is 6.92 Å². The third-order valence-electron chi connectivity index (χ3n) is 3.35. The number of hydrogen-bond acceptors (Lipinski definition) is 1. The lowest BCUT2D eigenvalue weighted by molar-refractivity contribution is -0.110. The van der Waals surface area contributed by atoms with Crippen molar-refractivity contribution in [3.63, 3.8) is 0 Å². The molecule has 82 valence electrons. The fourth-order valence-electron chi connectivity index (χ4n) is 2.60. The Morgan fingerprint density at radius 2 is 2.31 bits per heavy atom. The van der Waals surface area contributed by atoms with E-state index in [1.165, 1.54) is 27.7 Å². The van der Waals surface area contributed by atoms with Gasteiger partial charge in [-0.25, -0.2) is 0 Å². The van der Waals surface area contributed by atoms with Gasteiger partial charge in [-0.2, -0.15) is 0 Å². The van der Waals surface area contributed by atoms with Crippen molar-refractivity contribution >= 4 is 17.3 Å². The molecule has 1 amide bonds. The Hall–Kier alpha value is -1.77. The maximum absolute atomic E-state index is 10.4. The smallest absolute Gasteiger partial charge is 0.207 e. The number of benzene rings is 1. The number of aromatic amines is 1. The highest BCUT2D eigenvalue weighted by Gasteiger charge is 2.24. The summed E-state index contributed by atoms with van der Waals surface area (Å²) >= 11 is 0. The summed E-state index contributed by atoms with van der Waals surface area (Å²) in [5.74, 6) is 0. The molecule has 1 atom stereocenters. The van der Waals surface area contributed by atoms with Crippen molar-refractivity contribution in [2.75, 3.05) is 0 Å². The van der Waals surface area contributed by atoms with Gasteiger partial charge in [-0.15, -0.1) is 0 Å². The normalized spacial score (nSPS) is 18.7. The van der Waals surface area contributed by atoms with E-state index in [1.54, 1.807) is 0 Å². The predicted octanol–water partition coefficient (Wildman–Crippen LogP) is 1.69. The molecule has 0 fully saturated rings. The first-order valence-corrected chi connectivity index (χ1v) is 5.57. The van der Waals surface area contributed by atoms with E-state index < -0.39 is 0 Å². The van der Waals surface area contributed by atoms with Crippen LogP contribution in [-0.4, -0.2) is 17.4 Å². The highest BCUT2D eigenvalue weighted by atomic mass is 16.1. The van der Waals surface area contributed by atoms with Crippen LogP contribution in [0.4, 0.5) is 0 Å². The van der Waals surface area contributed by atoms with Crippen molar-refractivity contribution in [3.05, 3.63) is 35.0 Å². The van der Waals surface area contributed by atoms with E-state index in [0.29, 0.717) is 0 Å². The van der Waals surface area contributed by atoms with E-state index in [2.05, 4.69) is 35.4 Å². The molecule has 1 aromatic heterocycles. The Bertz CT molecular complexity index is 556. The van der Waals surface area contributed by atoms with E-state index >= 15 is 0 Å². The number of amides is 1. The van der Waals surface area contributed by atoms with Crippen LogP contribution in [0.3, 0.4) is 0 Å². The molecule has 1 aromatic carbocycles. The minimum absolute atomic E-state index is 0.267. The number of nitrogens with one attached hydrogen (secondary N) is 2. The lowest BCUT2D eigenvalue weighted by atomic mass is 10.1. The quantitative estimate of drug-likeness (QED) is 0.734. The van der Waals surface area contributed by atoms with Gasteiger partial charge in [0.1, 0.15) is 0 Å². The molecule has 2 aromatic rings. The van der Waals surface area contributed by atoms with Gasteiger partial charge in [0.2, 0.25) is 6.41 Å². The largest absolute Gasteiger partial charge is 0.358 e. The number of rotatable bonds is 2. The van der Waals surface area contributed by atoms with Gasteiger partial charge in [-0.05, 0) is 31.0 Å². The van der Waals surface area contributed by atoms with E-state index in [0.717, 1.165) is 19.3 Å².